The Labute approximate surface area is 163 Å². The number of hydrazine groups is 1. The van der Waals surface area contributed by atoms with Crippen molar-refractivity contribution < 1.29 is 14.3 Å². The van der Waals surface area contributed by atoms with Crippen molar-refractivity contribution in [2.75, 3.05) is 33.4 Å². The molecule has 1 aromatic carbocycles. The predicted octanol–water partition coefficient (Wildman–Crippen LogP) is 2.19. The number of fused-ring (bicyclic) bond motifs is 3. The fraction of sp³-hybridized carbons (Fsp3) is 0.400. The maximum Gasteiger partial charge on any atom is 0.284 e. The SMILES string of the molecule is COc1cc2c(cc1OCCCN1CCCC1)[nH]c1ccnc(C(=O)NN)c12. The van der Waals surface area contributed by atoms with Crippen molar-refractivity contribution >= 4 is 27.7 Å². The molecule has 4 rings (SSSR count). The van der Waals surface area contributed by atoms with Crippen LogP contribution in [-0.4, -0.2) is 54.1 Å². The number of H-pyrrole nitrogens is 1. The Hall–Kier alpha value is -2.84. The molecular formula is C20H25N5O3. The van der Waals surface area contributed by atoms with E-state index in [2.05, 4.69) is 20.3 Å². The average Bonchev–Trinajstić information content (AvgIpc) is 3.36. The molecule has 1 aliphatic rings. The molecule has 0 radical (unpaired) electrons. The summed E-state index contributed by atoms with van der Waals surface area (Å²) in [6, 6.07) is 5.61. The van der Waals surface area contributed by atoms with Gasteiger partial charge in [0.15, 0.2) is 11.5 Å². The summed E-state index contributed by atoms with van der Waals surface area (Å²) in [6.45, 7) is 4.06. The van der Waals surface area contributed by atoms with Crippen LogP contribution < -0.4 is 20.7 Å². The molecule has 4 N–H and O–H groups in total. The fourth-order valence-electron chi connectivity index (χ4n) is 3.84. The molecule has 8 nitrogen and oxygen atoms in total. The highest BCUT2D eigenvalue weighted by atomic mass is 16.5. The number of nitrogens with one attached hydrogen (secondary N) is 2. The Balaban J connectivity index is 1.61. The van der Waals surface area contributed by atoms with E-state index in [0.717, 1.165) is 29.4 Å². The van der Waals surface area contributed by atoms with E-state index in [1.54, 1.807) is 13.3 Å². The zero-order valence-corrected chi connectivity index (χ0v) is 16.0. The molecule has 1 aliphatic heterocycles. The quantitative estimate of drug-likeness (QED) is 0.250. The summed E-state index contributed by atoms with van der Waals surface area (Å²) in [4.78, 5) is 22.1. The Kier molecular flexibility index (Phi) is 5.31. The van der Waals surface area contributed by atoms with Crippen LogP contribution in [-0.2, 0) is 0 Å². The number of amides is 1. The molecule has 0 saturated carbocycles. The van der Waals surface area contributed by atoms with Crippen LogP contribution in [0.5, 0.6) is 11.5 Å². The lowest BCUT2D eigenvalue weighted by molar-refractivity contribution is 0.0950. The number of likely N-dealkylation sites (tertiary alicyclic amines) is 1. The lowest BCUT2D eigenvalue weighted by atomic mass is 10.1. The zero-order valence-electron chi connectivity index (χ0n) is 16.0. The molecule has 148 valence electrons. The highest BCUT2D eigenvalue weighted by Crippen LogP contribution is 2.36. The minimum atomic E-state index is -0.437. The van der Waals surface area contributed by atoms with Gasteiger partial charge < -0.3 is 19.4 Å². The van der Waals surface area contributed by atoms with Crippen molar-refractivity contribution in [3.8, 4) is 11.5 Å². The number of nitrogens with zero attached hydrogens (tertiary/aromatic N) is 2. The minimum Gasteiger partial charge on any atom is -0.493 e. The number of carbonyl (C=O) groups is 1. The number of ether oxygens (including phenoxy) is 2. The summed E-state index contributed by atoms with van der Waals surface area (Å²) in [5.74, 6) is 6.17. The summed E-state index contributed by atoms with van der Waals surface area (Å²) in [6.07, 6.45) is 5.14. The first-order valence-corrected chi connectivity index (χ1v) is 9.56. The molecule has 3 aromatic rings. The van der Waals surface area contributed by atoms with E-state index in [0.29, 0.717) is 23.5 Å². The van der Waals surface area contributed by atoms with Gasteiger partial charge in [0.05, 0.1) is 24.8 Å². The Morgan fingerprint density at radius 2 is 2.11 bits per heavy atom. The third-order valence-corrected chi connectivity index (χ3v) is 5.21. The highest BCUT2D eigenvalue weighted by molar-refractivity contribution is 6.16. The number of benzene rings is 1. The van der Waals surface area contributed by atoms with Crippen molar-refractivity contribution in [3.05, 3.63) is 30.1 Å². The third-order valence-electron chi connectivity index (χ3n) is 5.21. The normalized spacial score (nSPS) is 14.6. The van der Waals surface area contributed by atoms with Crippen molar-refractivity contribution in [1.82, 2.24) is 20.3 Å². The van der Waals surface area contributed by atoms with Crippen molar-refractivity contribution in [2.45, 2.75) is 19.3 Å². The van der Waals surface area contributed by atoms with Crippen molar-refractivity contribution in [2.24, 2.45) is 5.84 Å². The molecule has 0 bridgehead atoms. The number of nitrogens with two attached hydrogens (primary N) is 1. The molecule has 1 fully saturated rings. The number of hydrogen-bond acceptors (Lipinski definition) is 6. The molecule has 2 aromatic heterocycles. The topological polar surface area (TPSA) is 106 Å². The van der Waals surface area contributed by atoms with Crippen LogP contribution >= 0.6 is 0 Å². The number of pyridine rings is 1. The molecule has 1 amide bonds. The van der Waals surface area contributed by atoms with E-state index in [1.165, 1.54) is 25.9 Å². The molecule has 8 heteroatoms. The monoisotopic (exact) mass is 383 g/mol. The summed E-state index contributed by atoms with van der Waals surface area (Å²) >= 11 is 0. The molecular weight excluding hydrogens is 358 g/mol. The number of rotatable bonds is 7. The molecule has 3 heterocycles. The molecule has 1 saturated heterocycles. The first kappa shape index (κ1) is 18.5. The number of nitrogen functional groups attached to an aromatic ring is 1. The van der Waals surface area contributed by atoms with Crippen LogP contribution in [0.2, 0.25) is 0 Å². The Bertz CT molecular complexity index is 994. The fourth-order valence-corrected chi connectivity index (χ4v) is 3.84. The standard InChI is InChI=1S/C20H25N5O3/c1-27-16-11-13-15(12-17(16)28-10-4-9-25-7-2-3-8-25)23-14-5-6-22-19(18(13)14)20(26)24-21/h5-6,11-12,23H,2-4,7-10,21H2,1H3,(H,24,26). The lowest BCUT2D eigenvalue weighted by Gasteiger charge is -2.15. The predicted molar refractivity (Wildman–Crippen MR) is 108 cm³/mol. The number of methoxy groups -OCH3 is 1. The molecule has 0 spiro atoms. The van der Waals surface area contributed by atoms with Gasteiger partial charge in [0.2, 0.25) is 0 Å². The maximum atomic E-state index is 12.1. The van der Waals surface area contributed by atoms with Gasteiger partial charge in [0.1, 0.15) is 5.69 Å². The number of aromatic amines is 1. The van der Waals surface area contributed by atoms with Crippen LogP contribution in [0.1, 0.15) is 29.8 Å². The first-order chi connectivity index (χ1) is 13.7. The van der Waals surface area contributed by atoms with Crippen LogP contribution in [0, 0.1) is 0 Å². The Morgan fingerprint density at radius 3 is 2.86 bits per heavy atom. The Morgan fingerprint density at radius 1 is 1.29 bits per heavy atom. The smallest absolute Gasteiger partial charge is 0.284 e. The van der Waals surface area contributed by atoms with E-state index >= 15 is 0 Å². The van der Waals surface area contributed by atoms with E-state index in [9.17, 15) is 4.79 Å². The highest BCUT2D eigenvalue weighted by Gasteiger charge is 2.18. The average molecular weight is 383 g/mol. The first-order valence-electron chi connectivity index (χ1n) is 9.56. The zero-order chi connectivity index (χ0) is 19.5. The third kappa shape index (κ3) is 3.48. The summed E-state index contributed by atoms with van der Waals surface area (Å²) < 4.78 is 11.5. The van der Waals surface area contributed by atoms with Gasteiger partial charge in [0.25, 0.3) is 5.91 Å². The van der Waals surface area contributed by atoms with Gasteiger partial charge in [0, 0.05) is 29.6 Å². The van der Waals surface area contributed by atoms with Crippen LogP contribution in [0.4, 0.5) is 0 Å². The number of carbonyl (C=O) groups excluding carboxylic acids is 1. The summed E-state index contributed by atoms with van der Waals surface area (Å²) in [5, 5.41) is 1.54. The van der Waals surface area contributed by atoms with Crippen molar-refractivity contribution in [3.63, 3.8) is 0 Å². The second kappa shape index (κ2) is 8.04. The van der Waals surface area contributed by atoms with E-state index in [1.807, 2.05) is 18.2 Å². The van der Waals surface area contributed by atoms with Crippen molar-refractivity contribution in [1.29, 1.82) is 0 Å². The van der Waals surface area contributed by atoms with Gasteiger partial charge in [-0.25, -0.2) is 5.84 Å². The van der Waals surface area contributed by atoms with Gasteiger partial charge in [-0.05, 0) is 44.5 Å². The second-order valence-electron chi connectivity index (χ2n) is 6.98. The van der Waals surface area contributed by atoms with Crippen LogP contribution in [0.25, 0.3) is 21.8 Å². The molecule has 0 aliphatic carbocycles. The van der Waals surface area contributed by atoms with E-state index < -0.39 is 5.91 Å². The maximum absolute atomic E-state index is 12.1. The van der Waals surface area contributed by atoms with Gasteiger partial charge in [-0.1, -0.05) is 0 Å². The van der Waals surface area contributed by atoms with Gasteiger partial charge in [-0.15, -0.1) is 0 Å². The second-order valence-corrected chi connectivity index (χ2v) is 6.98. The van der Waals surface area contributed by atoms with Crippen LogP contribution in [0.15, 0.2) is 24.4 Å². The van der Waals surface area contributed by atoms with Gasteiger partial charge in [-0.2, -0.15) is 0 Å². The largest absolute Gasteiger partial charge is 0.493 e. The van der Waals surface area contributed by atoms with Gasteiger partial charge in [-0.3, -0.25) is 15.2 Å². The van der Waals surface area contributed by atoms with Gasteiger partial charge >= 0.3 is 0 Å². The molecule has 28 heavy (non-hydrogen) atoms. The lowest BCUT2D eigenvalue weighted by Crippen LogP contribution is -2.30. The van der Waals surface area contributed by atoms with E-state index in [-0.39, 0.29) is 5.69 Å². The molecule has 0 atom stereocenters. The minimum absolute atomic E-state index is 0.271. The number of hydrogen-bond donors (Lipinski definition) is 3. The summed E-state index contributed by atoms with van der Waals surface area (Å²) in [5.41, 5.74) is 4.07. The summed E-state index contributed by atoms with van der Waals surface area (Å²) in [7, 11) is 1.61. The van der Waals surface area contributed by atoms with Crippen LogP contribution in [0.3, 0.4) is 0 Å². The molecule has 0 unspecified atom stereocenters. The number of aromatic nitrogens is 2. The van der Waals surface area contributed by atoms with E-state index in [4.69, 9.17) is 15.3 Å².